The van der Waals surface area contributed by atoms with Crippen LogP contribution in [0.1, 0.15) is 43.7 Å². The van der Waals surface area contributed by atoms with Crippen molar-refractivity contribution in [3.8, 4) is 23.3 Å². The molecular formula is C19H17N7O2. The summed E-state index contributed by atoms with van der Waals surface area (Å²) in [4.78, 5) is 10.6. The highest BCUT2D eigenvalue weighted by atomic mass is 16.6. The molecule has 0 bridgehead atoms. The van der Waals surface area contributed by atoms with Gasteiger partial charge in [0.2, 0.25) is 0 Å². The summed E-state index contributed by atoms with van der Waals surface area (Å²) in [5.74, 6) is 0.412. The molecule has 1 atom stereocenters. The minimum absolute atomic E-state index is 0.00855. The second-order valence-corrected chi connectivity index (χ2v) is 7.01. The SMILES string of the molecule is N#CCC(C1CCCC1)n1cc(-c2c(C#N)cnn3cc([N+](=O)[O-])cc23)cn1. The standard InChI is InChI=1S/C19H17N7O2/c20-6-5-17(13-3-1-2-4-13)24-11-15(10-23-24)19-14(8-21)9-22-25-12-16(26(27)28)7-18(19)25/h7,9-13,17H,1-5H2. The number of hydrogen-bond acceptors (Lipinski definition) is 6. The molecule has 0 aliphatic heterocycles. The smallest absolute Gasteiger partial charge is 0.268 e. The van der Waals surface area contributed by atoms with Gasteiger partial charge in [0.1, 0.15) is 12.3 Å². The van der Waals surface area contributed by atoms with E-state index in [2.05, 4.69) is 22.3 Å². The first-order valence-corrected chi connectivity index (χ1v) is 9.09. The minimum atomic E-state index is -0.489. The van der Waals surface area contributed by atoms with Gasteiger partial charge in [0, 0.05) is 23.4 Å². The van der Waals surface area contributed by atoms with Crippen molar-refractivity contribution in [2.45, 2.75) is 38.1 Å². The highest BCUT2D eigenvalue weighted by Crippen LogP contribution is 2.37. The van der Waals surface area contributed by atoms with Gasteiger partial charge in [0.25, 0.3) is 5.69 Å². The molecule has 9 nitrogen and oxygen atoms in total. The summed E-state index contributed by atoms with van der Waals surface area (Å²) in [6.45, 7) is 0. The molecule has 1 fully saturated rings. The lowest BCUT2D eigenvalue weighted by molar-refractivity contribution is -0.384. The summed E-state index contributed by atoms with van der Waals surface area (Å²) in [6, 6.07) is 5.76. The Hall–Kier alpha value is -3.72. The van der Waals surface area contributed by atoms with E-state index in [1.807, 2.05) is 10.9 Å². The van der Waals surface area contributed by atoms with Gasteiger partial charge in [-0.2, -0.15) is 20.7 Å². The van der Waals surface area contributed by atoms with Crippen LogP contribution < -0.4 is 0 Å². The monoisotopic (exact) mass is 375 g/mol. The molecule has 1 aliphatic carbocycles. The first-order valence-electron chi connectivity index (χ1n) is 9.09. The molecule has 3 heterocycles. The lowest BCUT2D eigenvalue weighted by Crippen LogP contribution is -2.17. The Labute approximate surface area is 160 Å². The largest absolute Gasteiger partial charge is 0.289 e. The van der Waals surface area contributed by atoms with E-state index < -0.39 is 4.92 Å². The number of fused-ring (bicyclic) bond motifs is 1. The van der Waals surface area contributed by atoms with Crippen molar-refractivity contribution in [3.63, 3.8) is 0 Å². The van der Waals surface area contributed by atoms with Crippen LogP contribution in [0.15, 0.2) is 30.9 Å². The van der Waals surface area contributed by atoms with Crippen LogP contribution in [-0.4, -0.2) is 24.3 Å². The average Bonchev–Trinajstić information content (AvgIpc) is 3.45. The van der Waals surface area contributed by atoms with Gasteiger partial charge >= 0.3 is 0 Å². The van der Waals surface area contributed by atoms with Crippen molar-refractivity contribution in [2.75, 3.05) is 0 Å². The van der Waals surface area contributed by atoms with E-state index in [4.69, 9.17) is 0 Å². The minimum Gasteiger partial charge on any atom is -0.268 e. The molecule has 0 amide bonds. The number of nitrogens with zero attached hydrogens (tertiary/aromatic N) is 7. The van der Waals surface area contributed by atoms with E-state index in [0.717, 1.165) is 25.7 Å². The molecule has 140 valence electrons. The Morgan fingerprint density at radius 1 is 1.25 bits per heavy atom. The van der Waals surface area contributed by atoms with Gasteiger partial charge in [-0.1, -0.05) is 12.8 Å². The summed E-state index contributed by atoms with van der Waals surface area (Å²) in [5, 5.41) is 38.5. The number of nitro groups is 1. The second-order valence-electron chi connectivity index (χ2n) is 7.01. The molecule has 9 heteroatoms. The third-order valence-electron chi connectivity index (χ3n) is 5.43. The lowest BCUT2D eigenvalue weighted by Gasteiger charge is -2.21. The summed E-state index contributed by atoms with van der Waals surface area (Å²) in [7, 11) is 0. The Balaban J connectivity index is 1.81. The molecule has 0 aromatic carbocycles. The van der Waals surface area contributed by atoms with Gasteiger partial charge in [0.15, 0.2) is 0 Å². The quantitative estimate of drug-likeness (QED) is 0.495. The van der Waals surface area contributed by atoms with Crippen molar-refractivity contribution in [1.29, 1.82) is 10.5 Å². The van der Waals surface area contributed by atoms with E-state index in [9.17, 15) is 20.6 Å². The molecule has 3 aromatic heterocycles. The van der Waals surface area contributed by atoms with Gasteiger partial charge in [0.05, 0.1) is 46.9 Å². The number of nitriles is 2. The van der Waals surface area contributed by atoms with Crippen LogP contribution in [0.4, 0.5) is 5.69 Å². The normalized spacial score (nSPS) is 15.4. The topological polar surface area (TPSA) is 126 Å². The number of hydrogen-bond donors (Lipinski definition) is 0. The van der Waals surface area contributed by atoms with Crippen LogP contribution in [0.2, 0.25) is 0 Å². The maximum absolute atomic E-state index is 11.1. The van der Waals surface area contributed by atoms with Crippen molar-refractivity contribution >= 4 is 11.2 Å². The number of aromatic nitrogens is 4. The highest BCUT2D eigenvalue weighted by Gasteiger charge is 2.27. The predicted octanol–water partition coefficient (Wildman–Crippen LogP) is 3.62. The zero-order valence-electron chi connectivity index (χ0n) is 15.0. The highest BCUT2D eigenvalue weighted by molar-refractivity contribution is 5.85. The molecule has 0 saturated heterocycles. The van der Waals surface area contributed by atoms with Gasteiger partial charge in [-0.15, -0.1) is 0 Å². The summed E-state index contributed by atoms with van der Waals surface area (Å²) < 4.78 is 3.21. The third-order valence-corrected chi connectivity index (χ3v) is 5.43. The van der Waals surface area contributed by atoms with Crippen molar-refractivity contribution < 1.29 is 4.92 Å². The molecule has 0 spiro atoms. The van der Waals surface area contributed by atoms with E-state index in [1.165, 1.54) is 23.0 Å². The zero-order chi connectivity index (χ0) is 19.7. The van der Waals surface area contributed by atoms with Gasteiger partial charge in [-0.25, -0.2) is 4.52 Å². The van der Waals surface area contributed by atoms with Gasteiger partial charge in [-0.05, 0) is 18.8 Å². The van der Waals surface area contributed by atoms with E-state index in [-0.39, 0.29) is 11.7 Å². The Morgan fingerprint density at radius 3 is 2.71 bits per heavy atom. The Kier molecular flexibility index (Phi) is 4.50. The van der Waals surface area contributed by atoms with Crippen LogP contribution in [0, 0.1) is 38.7 Å². The molecular weight excluding hydrogens is 358 g/mol. The summed E-state index contributed by atoms with van der Waals surface area (Å²) in [6.07, 6.45) is 11.1. The van der Waals surface area contributed by atoms with Crippen LogP contribution >= 0.6 is 0 Å². The average molecular weight is 375 g/mol. The van der Waals surface area contributed by atoms with Gasteiger partial charge in [-0.3, -0.25) is 14.8 Å². The summed E-state index contributed by atoms with van der Waals surface area (Å²) in [5.41, 5.74) is 1.93. The zero-order valence-corrected chi connectivity index (χ0v) is 15.0. The van der Waals surface area contributed by atoms with Crippen LogP contribution in [-0.2, 0) is 0 Å². The molecule has 4 rings (SSSR count). The second kappa shape index (κ2) is 7.12. The summed E-state index contributed by atoms with van der Waals surface area (Å²) >= 11 is 0. The first-order chi connectivity index (χ1) is 13.6. The molecule has 1 unspecified atom stereocenters. The molecule has 0 N–H and O–H groups in total. The molecule has 1 saturated carbocycles. The fourth-order valence-electron chi connectivity index (χ4n) is 4.09. The molecule has 3 aromatic rings. The van der Waals surface area contributed by atoms with E-state index >= 15 is 0 Å². The number of rotatable bonds is 5. The van der Waals surface area contributed by atoms with Crippen molar-refractivity contribution in [2.24, 2.45) is 5.92 Å². The predicted molar refractivity (Wildman–Crippen MR) is 99.0 cm³/mol. The maximum atomic E-state index is 11.1. The van der Waals surface area contributed by atoms with Crippen molar-refractivity contribution in [1.82, 2.24) is 19.4 Å². The van der Waals surface area contributed by atoms with Crippen molar-refractivity contribution in [3.05, 3.63) is 46.5 Å². The van der Waals surface area contributed by atoms with Gasteiger partial charge < -0.3 is 0 Å². The fourth-order valence-corrected chi connectivity index (χ4v) is 4.09. The Morgan fingerprint density at radius 2 is 2.04 bits per heavy atom. The fraction of sp³-hybridized carbons (Fsp3) is 0.368. The van der Waals surface area contributed by atoms with E-state index in [1.54, 1.807) is 6.20 Å². The molecule has 0 radical (unpaired) electrons. The molecule has 1 aliphatic rings. The third kappa shape index (κ3) is 2.97. The Bertz CT molecular complexity index is 1130. The van der Waals surface area contributed by atoms with Crippen LogP contribution in [0.3, 0.4) is 0 Å². The van der Waals surface area contributed by atoms with Crippen LogP contribution in [0.5, 0.6) is 0 Å². The first kappa shape index (κ1) is 17.7. The van der Waals surface area contributed by atoms with Crippen LogP contribution in [0.25, 0.3) is 16.6 Å². The molecule has 28 heavy (non-hydrogen) atoms. The maximum Gasteiger partial charge on any atom is 0.289 e. The van der Waals surface area contributed by atoms with E-state index in [0.29, 0.717) is 34.5 Å². The lowest BCUT2D eigenvalue weighted by atomic mass is 9.96.